The third kappa shape index (κ3) is 2.61. The number of hydrogen-bond donors (Lipinski definition) is 1. The third-order valence-electron chi connectivity index (χ3n) is 2.80. The van der Waals surface area contributed by atoms with E-state index in [4.69, 9.17) is 9.15 Å². The van der Waals surface area contributed by atoms with Crippen LogP contribution in [-0.2, 0) is 0 Å². The molecule has 0 atom stereocenters. The van der Waals surface area contributed by atoms with Crippen molar-refractivity contribution in [2.75, 3.05) is 6.61 Å². The summed E-state index contributed by atoms with van der Waals surface area (Å²) in [6, 6.07) is 11.0. The Balaban J connectivity index is 1.66. The summed E-state index contributed by atoms with van der Waals surface area (Å²) >= 11 is 0. The van der Waals surface area contributed by atoms with Gasteiger partial charge in [-0.1, -0.05) is 18.2 Å². The first-order chi connectivity index (χ1) is 9.83. The molecule has 20 heavy (non-hydrogen) atoms. The van der Waals surface area contributed by atoms with Crippen LogP contribution in [0.15, 0.2) is 57.8 Å². The normalized spacial score (nSPS) is 13.5. The predicted octanol–water partition coefficient (Wildman–Crippen LogP) is 2.47. The summed E-state index contributed by atoms with van der Waals surface area (Å²) in [5.41, 5.74) is 4.27. The standard InChI is InChI=1S/C15H12N2O3/c18-15(14-6-3-7-19-14)17-16-9-11-8-12-4-1-2-5-13(12)20-10-11/h1-9H,10H2,(H,17,18)/b16-9+. The lowest BCUT2D eigenvalue weighted by Crippen LogP contribution is -2.17. The zero-order valence-electron chi connectivity index (χ0n) is 10.6. The van der Waals surface area contributed by atoms with Crippen molar-refractivity contribution < 1.29 is 13.9 Å². The molecule has 3 rings (SSSR count). The molecule has 1 aromatic carbocycles. The van der Waals surface area contributed by atoms with Crippen molar-refractivity contribution >= 4 is 18.2 Å². The Morgan fingerprint density at radius 2 is 2.15 bits per heavy atom. The summed E-state index contributed by atoms with van der Waals surface area (Å²) in [4.78, 5) is 11.6. The molecule has 0 spiro atoms. The molecule has 0 aliphatic carbocycles. The van der Waals surface area contributed by atoms with Gasteiger partial charge in [-0.2, -0.15) is 5.10 Å². The fourth-order valence-electron chi connectivity index (χ4n) is 1.84. The number of fused-ring (bicyclic) bond motifs is 1. The first-order valence-electron chi connectivity index (χ1n) is 6.12. The molecule has 5 nitrogen and oxygen atoms in total. The van der Waals surface area contributed by atoms with Crippen molar-refractivity contribution in [2.24, 2.45) is 5.10 Å². The van der Waals surface area contributed by atoms with Crippen LogP contribution in [-0.4, -0.2) is 18.7 Å². The van der Waals surface area contributed by atoms with E-state index >= 15 is 0 Å². The van der Waals surface area contributed by atoms with Gasteiger partial charge in [-0.25, -0.2) is 5.43 Å². The number of nitrogens with zero attached hydrogens (tertiary/aromatic N) is 1. The molecule has 1 N–H and O–H groups in total. The van der Waals surface area contributed by atoms with Gasteiger partial charge in [0.1, 0.15) is 12.4 Å². The molecule has 1 aliphatic rings. The lowest BCUT2D eigenvalue weighted by molar-refractivity contribution is 0.0927. The summed E-state index contributed by atoms with van der Waals surface area (Å²) in [5, 5.41) is 3.89. The molecular weight excluding hydrogens is 256 g/mol. The summed E-state index contributed by atoms with van der Waals surface area (Å²) in [6.45, 7) is 0.428. The minimum absolute atomic E-state index is 0.223. The number of carbonyl (C=O) groups excluding carboxylic acids is 1. The summed E-state index contributed by atoms with van der Waals surface area (Å²) in [6.07, 6.45) is 4.98. The molecule has 100 valence electrons. The molecule has 0 fully saturated rings. The van der Waals surface area contributed by atoms with Gasteiger partial charge in [0.25, 0.3) is 0 Å². The van der Waals surface area contributed by atoms with Gasteiger partial charge >= 0.3 is 5.91 Å². The first kappa shape index (κ1) is 12.2. The van der Waals surface area contributed by atoms with Gasteiger partial charge in [-0.05, 0) is 24.3 Å². The zero-order chi connectivity index (χ0) is 13.8. The number of benzene rings is 1. The number of hydrogen-bond acceptors (Lipinski definition) is 4. The second kappa shape index (κ2) is 5.44. The number of rotatable bonds is 3. The van der Waals surface area contributed by atoms with Gasteiger partial charge in [0, 0.05) is 11.1 Å². The highest BCUT2D eigenvalue weighted by molar-refractivity contribution is 5.93. The number of amides is 1. The smallest absolute Gasteiger partial charge is 0.307 e. The number of hydrazone groups is 1. The lowest BCUT2D eigenvalue weighted by Gasteiger charge is -2.15. The van der Waals surface area contributed by atoms with E-state index < -0.39 is 0 Å². The molecule has 0 saturated carbocycles. The van der Waals surface area contributed by atoms with Gasteiger partial charge < -0.3 is 9.15 Å². The molecule has 0 unspecified atom stereocenters. The maximum absolute atomic E-state index is 11.6. The van der Waals surface area contributed by atoms with Gasteiger partial charge in [0.05, 0.1) is 12.5 Å². The number of furan rings is 1. The highest BCUT2D eigenvalue weighted by Gasteiger charge is 2.09. The van der Waals surface area contributed by atoms with Crippen molar-refractivity contribution in [2.45, 2.75) is 0 Å². The van der Waals surface area contributed by atoms with Crippen molar-refractivity contribution in [3.8, 4) is 5.75 Å². The van der Waals surface area contributed by atoms with Crippen LogP contribution in [0, 0.1) is 0 Å². The minimum Gasteiger partial charge on any atom is -0.488 e. The van der Waals surface area contributed by atoms with E-state index in [-0.39, 0.29) is 11.7 Å². The summed E-state index contributed by atoms with van der Waals surface area (Å²) in [5.74, 6) is 0.689. The Morgan fingerprint density at radius 1 is 1.25 bits per heavy atom. The van der Waals surface area contributed by atoms with Crippen molar-refractivity contribution in [1.29, 1.82) is 0 Å². The molecule has 0 radical (unpaired) electrons. The van der Waals surface area contributed by atoms with Crippen LogP contribution < -0.4 is 10.2 Å². The molecular formula is C15H12N2O3. The fourth-order valence-corrected chi connectivity index (χ4v) is 1.84. The van der Waals surface area contributed by atoms with Gasteiger partial charge in [0.15, 0.2) is 5.76 Å². The van der Waals surface area contributed by atoms with E-state index in [1.165, 1.54) is 6.26 Å². The van der Waals surface area contributed by atoms with E-state index in [9.17, 15) is 4.79 Å². The van der Waals surface area contributed by atoms with Gasteiger partial charge in [0.2, 0.25) is 0 Å². The summed E-state index contributed by atoms with van der Waals surface area (Å²) in [7, 11) is 0. The fraction of sp³-hybridized carbons (Fsp3) is 0.0667. The SMILES string of the molecule is O=C(N/N=C/C1=Cc2ccccc2OC1)c1ccco1. The topological polar surface area (TPSA) is 63.8 Å². The predicted molar refractivity (Wildman–Crippen MR) is 74.6 cm³/mol. The molecule has 2 heterocycles. The lowest BCUT2D eigenvalue weighted by atomic mass is 10.1. The van der Waals surface area contributed by atoms with Crippen LogP contribution in [0.25, 0.3) is 6.08 Å². The first-order valence-corrected chi connectivity index (χ1v) is 6.12. The molecule has 0 bridgehead atoms. The Hall–Kier alpha value is -2.82. The molecule has 2 aromatic rings. The monoisotopic (exact) mass is 268 g/mol. The van der Waals surface area contributed by atoms with Crippen LogP contribution in [0.3, 0.4) is 0 Å². The van der Waals surface area contributed by atoms with Crippen LogP contribution >= 0.6 is 0 Å². The molecule has 5 heteroatoms. The Labute approximate surface area is 115 Å². The average molecular weight is 268 g/mol. The van der Waals surface area contributed by atoms with E-state index in [0.717, 1.165) is 16.9 Å². The van der Waals surface area contributed by atoms with Gasteiger partial charge in [-0.15, -0.1) is 0 Å². The third-order valence-corrected chi connectivity index (χ3v) is 2.80. The molecule has 0 saturated heterocycles. The van der Waals surface area contributed by atoms with Crippen molar-refractivity contribution in [3.63, 3.8) is 0 Å². The maximum Gasteiger partial charge on any atom is 0.307 e. The number of nitrogens with one attached hydrogen (secondary N) is 1. The van der Waals surface area contributed by atoms with Gasteiger partial charge in [-0.3, -0.25) is 4.79 Å². The Kier molecular flexibility index (Phi) is 3.33. The zero-order valence-corrected chi connectivity index (χ0v) is 10.6. The number of carbonyl (C=O) groups is 1. The van der Waals surface area contributed by atoms with Crippen LogP contribution in [0.4, 0.5) is 0 Å². The quantitative estimate of drug-likeness (QED) is 0.687. The Morgan fingerprint density at radius 3 is 3.00 bits per heavy atom. The van der Waals surface area contributed by atoms with E-state index in [1.807, 2.05) is 30.3 Å². The van der Waals surface area contributed by atoms with Crippen molar-refractivity contribution in [1.82, 2.24) is 5.43 Å². The number of ether oxygens (including phenoxy) is 1. The molecule has 1 aromatic heterocycles. The van der Waals surface area contributed by atoms with Crippen LogP contribution in [0.2, 0.25) is 0 Å². The largest absolute Gasteiger partial charge is 0.488 e. The van der Waals surface area contributed by atoms with E-state index in [0.29, 0.717) is 6.61 Å². The van der Waals surface area contributed by atoms with E-state index in [2.05, 4.69) is 10.5 Å². The highest BCUT2D eigenvalue weighted by Crippen LogP contribution is 2.24. The molecule has 1 amide bonds. The van der Waals surface area contributed by atoms with Crippen molar-refractivity contribution in [3.05, 3.63) is 59.6 Å². The highest BCUT2D eigenvalue weighted by atomic mass is 16.5. The molecule has 1 aliphatic heterocycles. The van der Waals surface area contributed by atoms with Crippen LogP contribution in [0.5, 0.6) is 5.75 Å². The Bertz CT molecular complexity index is 672. The second-order valence-electron chi connectivity index (χ2n) is 4.22. The van der Waals surface area contributed by atoms with E-state index in [1.54, 1.807) is 18.3 Å². The second-order valence-corrected chi connectivity index (χ2v) is 4.22. The maximum atomic E-state index is 11.6. The minimum atomic E-state index is -0.385. The van der Waals surface area contributed by atoms with Crippen LogP contribution in [0.1, 0.15) is 16.1 Å². The average Bonchev–Trinajstić information content (AvgIpc) is 3.01. The summed E-state index contributed by atoms with van der Waals surface area (Å²) < 4.78 is 10.5. The number of para-hydroxylation sites is 1.